The van der Waals surface area contributed by atoms with E-state index < -0.39 is 5.54 Å². The van der Waals surface area contributed by atoms with Gasteiger partial charge in [0.1, 0.15) is 0 Å². The summed E-state index contributed by atoms with van der Waals surface area (Å²) in [4.78, 5) is 14.5. The molecule has 3 rings (SSSR count). The van der Waals surface area contributed by atoms with Crippen LogP contribution in [0.3, 0.4) is 0 Å². The molecule has 0 bridgehead atoms. The van der Waals surface area contributed by atoms with E-state index in [9.17, 15) is 4.79 Å². The van der Waals surface area contributed by atoms with E-state index >= 15 is 0 Å². The second-order valence-electron chi connectivity index (χ2n) is 6.31. The Bertz CT molecular complexity index is 482. The number of aromatic nitrogens is 2. The van der Waals surface area contributed by atoms with Gasteiger partial charge in [-0.1, -0.05) is 12.8 Å². The van der Waals surface area contributed by atoms with Crippen LogP contribution in [0, 0.1) is 0 Å². The van der Waals surface area contributed by atoms with Crippen molar-refractivity contribution < 1.29 is 4.79 Å². The zero-order valence-corrected chi connectivity index (χ0v) is 12.2. The normalized spacial score (nSPS) is 23.2. The number of piperidine rings is 1. The van der Waals surface area contributed by atoms with E-state index in [1.165, 1.54) is 5.69 Å². The Morgan fingerprint density at radius 1 is 1.35 bits per heavy atom. The maximum atomic E-state index is 12.6. The van der Waals surface area contributed by atoms with E-state index in [4.69, 9.17) is 5.73 Å². The van der Waals surface area contributed by atoms with Crippen LogP contribution in [0.25, 0.3) is 0 Å². The van der Waals surface area contributed by atoms with Gasteiger partial charge in [-0.3, -0.25) is 9.48 Å². The van der Waals surface area contributed by atoms with Crippen molar-refractivity contribution in [1.82, 2.24) is 14.7 Å². The minimum absolute atomic E-state index is 0.179. The van der Waals surface area contributed by atoms with Gasteiger partial charge in [-0.15, -0.1) is 0 Å². The van der Waals surface area contributed by atoms with Crippen molar-refractivity contribution in [3.8, 4) is 0 Å². The first-order valence-electron chi connectivity index (χ1n) is 7.66. The van der Waals surface area contributed by atoms with Crippen LogP contribution in [-0.2, 0) is 11.8 Å². The van der Waals surface area contributed by atoms with E-state index in [1.54, 1.807) is 0 Å². The minimum atomic E-state index is -0.570. The molecule has 1 aliphatic carbocycles. The van der Waals surface area contributed by atoms with Crippen LogP contribution in [0.2, 0.25) is 0 Å². The van der Waals surface area contributed by atoms with E-state index in [0.29, 0.717) is 5.92 Å². The number of likely N-dealkylation sites (tertiary alicyclic amines) is 1. The third-order valence-electron chi connectivity index (χ3n) is 4.98. The van der Waals surface area contributed by atoms with Crippen LogP contribution < -0.4 is 5.73 Å². The second-order valence-corrected chi connectivity index (χ2v) is 6.31. The number of carbonyl (C=O) groups excluding carboxylic acids is 1. The van der Waals surface area contributed by atoms with Crippen LogP contribution in [-0.4, -0.2) is 39.2 Å². The highest BCUT2D eigenvalue weighted by Gasteiger charge is 2.40. The van der Waals surface area contributed by atoms with Gasteiger partial charge >= 0.3 is 0 Å². The molecule has 1 aromatic rings. The van der Waals surface area contributed by atoms with Gasteiger partial charge in [0.05, 0.1) is 5.54 Å². The molecule has 5 nitrogen and oxygen atoms in total. The molecular formula is C15H24N4O. The number of amides is 1. The molecule has 0 atom stereocenters. The molecule has 1 saturated carbocycles. The fraction of sp³-hybridized carbons (Fsp3) is 0.733. The zero-order chi connectivity index (χ0) is 14.2. The SMILES string of the molecule is Cn1nccc1C1CCN(C(=O)C2(N)CCCC2)CC1. The minimum Gasteiger partial charge on any atom is -0.341 e. The van der Waals surface area contributed by atoms with Gasteiger partial charge in [0.25, 0.3) is 0 Å². The highest BCUT2D eigenvalue weighted by Crippen LogP contribution is 2.32. The largest absolute Gasteiger partial charge is 0.341 e. The van der Waals surface area contributed by atoms with Crippen LogP contribution in [0.15, 0.2) is 12.3 Å². The average molecular weight is 276 g/mol. The molecule has 2 N–H and O–H groups in total. The third-order valence-corrected chi connectivity index (χ3v) is 4.98. The molecule has 0 aromatic carbocycles. The van der Waals surface area contributed by atoms with E-state index in [2.05, 4.69) is 11.2 Å². The fourth-order valence-corrected chi connectivity index (χ4v) is 3.70. The molecule has 5 heteroatoms. The molecular weight excluding hydrogens is 252 g/mol. The van der Waals surface area contributed by atoms with Crippen molar-refractivity contribution in [2.24, 2.45) is 12.8 Å². The molecule has 1 saturated heterocycles. The van der Waals surface area contributed by atoms with Gasteiger partial charge in [0.15, 0.2) is 0 Å². The lowest BCUT2D eigenvalue weighted by Gasteiger charge is -2.36. The summed E-state index contributed by atoms with van der Waals surface area (Å²) < 4.78 is 1.95. The molecule has 20 heavy (non-hydrogen) atoms. The summed E-state index contributed by atoms with van der Waals surface area (Å²) in [5.74, 6) is 0.697. The smallest absolute Gasteiger partial charge is 0.242 e. The standard InChI is InChI=1S/C15H24N4O/c1-18-13(4-9-17-18)12-5-10-19(11-6-12)14(20)15(16)7-2-3-8-15/h4,9,12H,2-3,5-8,10-11,16H2,1H3. The Kier molecular flexibility index (Phi) is 3.54. The summed E-state index contributed by atoms with van der Waals surface area (Å²) in [6.45, 7) is 1.65. The molecule has 0 spiro atoms. The number of carbonyl (C=O) groups is 1. The Balaban J connectivity index is 1.61. The summed E-state index contributed by atoms with van der Waals surface area (Å²) in [6.07, 6.45) is 7.77. The topological polar surface area (TPSA) is 64.2 Å². The van der Waals surface area contributed by atoms with Crippen LogP contribution >= 0.6 is 0 Å². The quantitative estimate of drug-likeness (QED) is 0.888. The first-order chi connectivity index (χ1) is 9.60. The maximum absolute atomic E-state index is 12.6. The van der Waals surface area contributed by atoms with Crippen molar-refractivity contribution >= 4 is 5.91 Å². The number of hydrogen-bond acceptors (Lipinski definition) is 3. The lowest BCUT2D eigenvalue weighted by molar-refractivity contribution is -0.137. The Morgan fingerprint density at radius 2 is 2.00 bits per heavy atom. The lowest BCUT2D eigenvalue weighted by atomic mass is 9.90. The van der Waals surface area contributed by atoms with Crippen LogP contribution in [0.5, 0.6) is 0 Å². The Labute approximate surface area is 120 Å². The van der Waals surface area contributed by atoms with Crippen molar-refractivity contribution in [2.75, 3.05) is 13.1 Å². The first-order valence-corrected chi connectivity index (χ1v) is 7.66. The molecule has 1 aliphatic heterocycles. The molecule has 1 aromatic heterocycles. The number of nitrogens with two attached hydrogens (primary N) is 1. The van der Waals surface area contributed by atoms with E-state index in [0.717, 1.165) is 51.6 Å². The van der Waals surface area contributed by atoms with Gasteiger partial charge in [-0.05, 0) is 31.7 Å². The summed E-state index contributed by atoms with van der Waals surface area (Å²) in [6, 6.07) is 2.09. The van der Waals surface area contributed by atoms with Gasteiger partial charge in [-0.25, -0.2) is 0 Å². The number of rotatable bonds is 2. The molecule has 2 aliphatic rings. The van der Waals surface area contributed by atoms with Crippen LogP contribution in [0.1, 0.15) is 50.1 Å². The predicted molar refractivity (Wildman–Crippen MR) is 77.1 cm³/mol. The monoisotopic (exact) mass is 276 g/mol. The average Bonchev–Trinajstić information content (AvgIpc) is 3.08. The molecule has 1 amide bonds. The molecule has 2 fully saturated rings. The van der Waals surface area contributed by atoms with Crippen molar-refractivity contribution in [2.45, 2.75) is 50.0 Å². The summed E-state index contributed by atoms with van der Waals surface area (Å²) in [5, 5.41) is 4.24. The summed E-state index contributed by atoms with van der Waals surface area (Å²) in [7, 11) is 1.99. The molecule has 2 heterocycles. The van der Waals surface area contributed by atoms with Crippen molar-refractivity contribution in [3.63, 3.8) is 0 Å². The van der Waals surface area contributed by atoms with Gasteiger partial charge in [0, 0.05) is 37.9 Å². The lowest BCUT2D eigenvalue weighted by Crippen LogP contribution is -2.55. The van der Waals surface area contributed by atoms with Gasteiger partial charge in [-0.2, -0.15) is 5.10 Å². The van der Waals surface area contributed by atoms with Gasteiger partial charge < -0.3 is 10.6 Å². The molecule has 110 valence electrons. The summed E-state index contributed by atoms with van der Waals surface area (Å²) >= 11 is 0. The Hall–Kier alpha value is -1.36. The Morgan fingerprint density at radius 3 is 2.55 bits per heavy atom. The van der Waals surface area contributed by atoms with E-state index in [-0.39, 0.29) is 5.91 Å². The number of nitrogens with zero attached hydrogens (tertiary/aromatic N) is 3. The zero-order valence-electron chi connectivity index (χ0n) is 12.2. The molecule has 0 unspecified atom stereocenters. The predicted octanol–water partition coefficient (Wildman–Crippen LogP) is 1.40. The van der Waals surface area contributed by atoms with E-state index in [1.807, 2.05) is 22.8 Å². The molecule has 0 radical (unpaired) electrons. The number of aryl methyl sites for hydroxylation is 1. The van der Waals surface area contributed by atoms with Crippen LogP contribution in [0.4, 0.5) is 0 Å². The number of hydrogen-bond donors (Lipinski definition) is 1. The van der Waals surface area contributed by atoms with Gasteiger partial charge in [0.2, 0.25) is 5.91 Å². The first kappa shape index (κ1) is 13.6. The second kappa shape index (κ2) is 5.20. The maximum Gasteiger partial charge on any atom is 0.242 e. The summed E-state index contributed by atoms with van der Waals surface area (Å²) in [5.41, 5.74) is 6.99. The van der Waals surface area contributed by atoms with Crippen molar-refractivity contribution in [3.05, 3.63) is 18.0 Å². The van der Waals surface area contributed by atoms with Crippen molar-refractivity contribution in [1.29, 1.82) is 0 Å². The third kappa shape index (κ3) is 2.35. The highest BCUT2D eigenvalue weighted by molar-refractivity contribution is 5.86. The highest BCUT2D eigenvalue weighted by atomic mass is 16.2. The fourth-order valence-electron chi connectivity index (χ4n) is 3.70.